The largest absolute Gasteiger partial charge is 0.340 e. The third-order valence-electron chi connectivity index (χ3n) is 4.84. The molecule has 1 aliphatic carbocycles. The summed E-state index contributed by atoms with van der Waals surface area (Å²) in [6, 6.07) is 12.9. The van der Waals surface area contributed by atoms with Gasteiger partial charge in [-0.3, -0.25) is 4.79 Å². The lowest BCUT2D eigenvalue weighted by atomic mass is 10.1. The number of nitrogens with zero attached hydrogens (tertiary/aromatic N) is 2. The van der Waals surface area contributed by atoms with Crippen molar-refractivity contribution in [3.05, 3.63) is 42.5 Å². The maximum atomic E-state index is 13.0. The number of carbonyl (C=O) groups excluding carboxylic acids is 1. The molecule has 0 atom stereocenters. The van der Waals surface area contributed by atoms with Crippen molar-refractivity contribution in [1.29, 1.82) is 0 Å². The molecule has 2 fully saturated rings. The van der Waals surface area contributed by atoms with E-state index in [1.807, 2.05) is 35.2 Å². The lowest BCUT2D eigenvalue weighted by molar-refractivity contribution is -0.133. The van der Waals surface area contributed by atoms with Crippen LogP contribution in [0.1, 0.15) is 12.8 Å². The number of amides is 1. The molecule has 1 saturated heterocycles. The molecule has 126 valence electrons. The fraction of sp³-hybridized carbons (Fsp3) is 0.389. The summed E-state index contributed by atoms with van der Waals surface area (Å²) < 4.78 is 27.6. The Morgan fingerprint density at radius 3 is 2.29 bits per heavy atom. The molecular weight excluding hydrogens is 324 g/mol. The first-order valence-corrected chi connectivity index (χ1v) is 9.78. The minimum absolute atomic E-state index is 0.186. The predicted molar refractivity (Wildman–Crippen MR) is 92.0 cm³/mol. The summed E-state index contributed by atoms with van der Waals surface area (Å²) in [4.78, 5) is 14.3. The topological polar surface area (TPSA) is 57.7 Å². The number of hydrogen-bond acceptors (Lipinski definition) is 3. The van der Waals surface area contributed by atoms with E-state index in [1.165, 1.54) is 4.31 Å². The van der Waals surface area contributed by atoms with Crippen LogP contribution in [0.15, 0.2) is 47.4 Å². The molecule has 4 rings (SSSR count). The van der Waals surface area contributed by atoms with E-state index < -0.39 is 10.0 Å². The van der Waals surface area contributed by atoms with Crippen LogP contribution in [0.2, 0.25) is 0 Å². The summed E-state index contributed by atoms with van der Waals surface area (Å²) in [6.45, 7) is 1.70. The van der Waals surface area contributed by atoms with Gasteiger partial charge in [0.15, 0.2) is 0 Å². The molecule has 0 unspecified atom stereocenters. The van der Waals surface area contributed by atoms with Crippen molar-refractivity contribution >= 4 is 26.7 Å². The fourth-order valence-electron chi connectivity index (χ4n) is 3.30. The molecule has 1 heterocycles. The van der Waals surface area contributed by atoms with Gasteiger partial charge in [-0.2, -0.15) is 4.31 Å². The molecule has 2 aliphatic rings. The Bertz CT molecular complexity index is 877. The van der Waals surface area contributed by atoms with Crippen LogP contribution < -0.4 is 0 Å². The minimum Gasteiger partial charge on any atom is -0.340 e. The second-order valence-electron chi connectivity index (χ2n) is 6.48. The Morgan fingerprint density at radius 1 is 0.917 bits per heavy atom. The molecule has 2 aromatic rings. The number of fused-ring (bicyclic) bond motifs is 1. The highest BCUT2D eigenvalue weighted by molar-refractivity contribution is 7.89. The minimum atomic E-state index is -3.55. The van der Waals surface area contributed by atoms with Gasteiger partial charge in [-0.1, -0.05) is 36.4 Å². The van der Waals surface area contributed by atoms with Crippen LogP contribution in [0.25, 0.3) is 10.8 Å². The number of benzene rings is 2. The molecule has 0 spiro atoms. The van der Waals surface area contributed by atoms with Crippen molar-refractivity contribution < 1.29 is 13.2 Å². The molecule has 0 bridgehead atoms. The van der Waals surface area contributed by atoms with Gasteiger partial charge in [-0.25, -0.2) is 8.42 Å². The highest BCUT2D eigenvalue weighted by atomic mass is 32.2. The maximum Gasteiger partial charge on any atom is 0.243 e. The van der Waals surface area contributed by atoms with Gasteiger partial charge in [0.2, 0.25) is 15.9 Å². The van der Waals surface area contributed by atoms with Crippen LogP contribution in [0, 0.1) is 5.92 Å². The number of hydrogen-bond donors (Lipinski definition) is 0. The summed E-state index contributed by atoms with van der Waals surface area (Å²) in [5.74, 6) is 0.378. The fourth-order valence-corrected chi connectivity index (χ4v) is 4.93. The van der Waals surface area contributed by atoms with Gasteiger partial charge in [0.25, 0.3) is 0 Å². The van der Waals surface area contributed by atoms with Crippen LogP contribution in [-0.2, 0) is 14.8 Å². The number of rotatable bonds is 3. The van der Waals surface area contributed by atoms with E-state index in [1.54, 1.807) is 12.1 Å². The zero-order valence-corrected chi connectivity index (χ0v) is 14.2. The second kappa shape index (κ2) is 5.86. The Balaban J connectivity index is 1.58. The molecule has 0 aromatic heterocycles. The third kappa shape index (κ3) is 2.70. The van der Waals surface area contributed by atoms with E-state index in [9.17, 15) is 13.2 Å². The summed E-state index contributed by atoms with van der Waals surface area (Å²) in [5, 5.41) is 1.66. The smallest absolute Gasteiger partial charge is 0.243 e. The summed E-state index contributed by atoms with van der Waals surface area (Å²) in [7, 11) is -3.55. The van der Waals surface area contributed by atoms with E-state index in [-0.39, 0.29) is 11.8 Å². The standard InChI is InChI=1S/C18H20N2O3S/c21-18(15-8-9-15)19-10-12-20(13-11-19)24(22,23)17-7-3-5-14-4-1-2-6-16(14)17/h1-7,15H,8-13H2. The van der Waals surface area contributed by atoms with Crippen molar-refractivity contribution in [2.75, 3.05) is 26.2 Å². The van der Waals surface area contributed by atoms with Gasteiger partial charge in [-0.05, 0) is 24.3 Å². The van der Waals surface area contributed by atoms with Gasteiger partial charge in [0.1, 0.15) is 0 Å². The van der Waals surface area contributed by atoms with E-state index >= 15 is 0 Å². The van der Waals surface area contributed by atoms with Crippen LogP contribution in [0.5, 0.6) is 0 Å². The van der Waals surface area contributed by atoms with Crippen LogP contribution in [0.4, 0.5) is 0 Å². The van der Waals surface area contributed by atoms with Crippen molar-refractivity contribution in [3.8, 4) is 0 Å². The SMILES string of the molecule is O=C(C1CC1)N1CCN(S(=O)(=O)c2cccc3ccccc23)CC1. The zero-order valence-electron chi connectivity index (χ0n) is 13.4. The van der Waals surface area contributed by atoms with E-state index in [0.717, 1.165) is 23.6 Å². The first-order valence-electron chi connectivity index (χ1n) is 8.34. The Kier molecular flexibility index (Phi) is 3.81. The summed E-state index contributed by atoms with van der Waals surface area (Å²) in [5.41, 5.74) is 0. The molecule has 1 saturated carbocycles. The Hall–Kier alpha value is -1.92. The first-order chi connectivity index (χ1) is 11.6. The van der Waals surface area contributed by atoms with Gasteiger partial charge in [0.05, 0.1) is 4.90 Å². The van der Waals surface area contributed by atoms with Gasteiger partial charge >= 0.3 is 0 Å². The van der Waals surface area contributed by atoms with E-state index in [0.29, 0.717) is 31.1 Å². The monoisotopic (exact) mass is 344 g/mol. The first kappa shape index (κ1) is 15.6. The molecule has 5 nitrogen and oxygen atoms in total. The average molecular weight is 344 g/mol. The van der Waals surface area contributed by atoms with E-state index in [4.69, 9.17) is 0 Å². The van der Waals surface area contributed by atoms with Gasteiger partial charge < -0.3 is 4.90 Å². The summed E-state index contributed by atoms with van der Waals surface area (Å²) >= 11 is 0. The van der Waals surface area contributed by atoms with Crippen molar-refractivity contribution in [3.63, 3.8) is 0 Å². The quantitative estimate of drug-likeness (QED) is 0.857. The van der Waals surface area contributed by atoms with Gasteiger partial charge in [-0.15, -0.1) is 0 Å². The molecule has 24 heavy (non-hydrogen) atoms. The Labute approximate surface area is 141 Å². The van der Waals surface area contributed by atoms with Crippen LogP contribution >= 0.6 is 0 Å². The number of sulfonamides is 1. The molecule has 0 radical (unpaired) electrons. The lowest BCUT2D eigenvalue weighted by Crippen LogP contribution is -2.50. The number of carbonyl (C=O) groups is 1. The van der Waals surface area contributed by atoms with Crippen molar-refractivity contribution in [1.82, 2.24) is 9.21 Å². The molecular formula is C18H20N2O3S. The number of piperazine rings is 1. The average Bonchev–Trinajstić information content (AvgIpc) is 3.46. The highest BCUT2D eigenvalue weighted by Crippen LogP contribution is 2.32. The van der Waals surface area contributed by atoms with Crippen LogP contribution in [-0.4, -0.2) is 49.7 Å². The molecule has 0 N–H and O–H groups in total. The second-order valence-corrected chi connectivity index (χ2v) is 8.39. The van der Waals surface area contributed by atoms with Crippen LogP contribution in [0.3, 0.4) is 0 Å². The normalized spacial score (nSPS) is 19.6. The predicted octanol–water partition coefficient (Wildman–Crippen LogP) is 2.08. The maximum absolute atomic E-state index is 13.0. The van der Waals surface area contributed by atoms with E-state index in [2.05, 4.69) is 0 Å². The zero-order chi connectivity index (χ0) is 16.7. The molecule has 1 aliphatic heterocycles. The molecule has 6 heteroatoms. The van der Waals surface area contributed by atoms with Crippen molar-refractivity contribution in [2.24, 2.45) is 5.92 Å². The van der Waals surface area contributed by atoms with Crippen molar-refractivity contribution in [2.45, 2.75) is 17.7 Å². The summed E-state index contributed by atoms with van der Waals surface area (Å²) in [6.07, 6.45) is 1.96. The molecule has 2 aromatic carbocycles. The van der Waals surface area contributed by atoms with Gasteiger partial charge in [0, 0.05) is 37.5 Å². The Morgan fingerprint density at radius 2 is 1.58 bits per heavy atom. The highest BCUT2D eigenvalue weighted by Gasteiger charge is 2.36. The molecule has 1 amide bonds. The lowest BCUT2D eigenvalue weighted by Gasteiger charge is -2.34. The third-order valence-corrected chi connectivity index (χ3v) is 6.80.